The zero-order chi connectivity index (χ0) is 13.8. The molecule has 0 heterocycles. The van der Waals surface area contributed by atoms with Crippen LogP contribution in [0.5, 0.6) is 5.75 Å². The molecule has 0 aromatic heterocycles. The first kappa shape index (κ1) is 17.7. The van der Waals surface area contributed by atoms with Crippen LogP contribution in [0.4, 0.5) is 0 Å². The number of nitrogens with two attached hydrogens (primary N) is 1. The maximum atomic E-state index is 11.2. The predicted octanol–water partition coefficient (Wildman–Crippen LogP) is -1.09. The minimum absolute atomic E-state index is 0. The van der Waals surface area contributed by atoms with E-state index in [1.54, 1.807) is 0 Å². The molecule has 19 heavy (non-hydrogen) atoms. The summed E-state index contributed by atoms with van der Waals surface area (Å²) < 4.78 is 10.3. The van der Waals surface area contributed by atoms with Crippen LogP contribution >= 0.6 is 0 Å². The van der Waals surface area contributed by atoms with E-state index in [4.69, 9.17) is 10.5 Å². The lowest BCUT2D eigenvalue weighted by atomic mass is 10.1. The Morgan fingerprint density at radius 1 is 1.26 bits per heavy atom. The van der Waals surface area contributed by atoms with Crippen LogP contribution < -0.4 is 22.9 Å². The van der Waals surface area contributed by atoms with Crippen LogP contribution in [0, 0.1) is 0 Å². The first-order valence-electron chi connectivity index (χ1n) is 5.93. The van der Waals surface area contributed by atoms with Crippen LogP contribution in [0.15, 0.2) is 24.3 Å². The summed E-state index contributed by atoms with van der Waals surface area (Å²) in [4.78, 5) is 11.2. The molecular formula is C14H21ClNO3-. The highest BCUT2D eigenvalue weighted by atomic mass is 35.5. The zero-order valence-corrected chi connectivity index (χ0v) is 12.5. The van der Waals surface area contributed by atoms with Crippen molar-refractivity contribution in [1.29, 1.82) is 0 Å². The van der Waals surface area contributed by atoms with Gasteiger partial charge in [-0.15, -0.1) is 0 Å². The molecule has 0 aliphatic rings. The fourth-order valence-electron chi connectivity index (χ4n) is 1.54. The summed E-state index contributed by atoms with van der Waals surface area (Å²) in [5.74, 6) is 0.405. The summed E-state index contributed by atoms with van der Waals surface area (Å²) in [6, 6.07) is 6.95. The third kappa shape index (κ3) is 6.45. The average Bonchev–Trinajstić information content (AvgIpc) is 2.28. The fourth-order valence-corrected chi connectivity index (χ4v) is 1.54. The number of ether oxygens (including phenoxy) is 2. The number of carbonyl (C=O) groups is 1. The highest BCUT2D eigenvalue weighted by Gasteiger charge is 2.15. The smallest absolute Gasteiger partial charge is 0.322 e. The highest BCUT2D eigenvalue weighted by molar-refractivity contribution is 5.75. The summed E-state index contributed by atoms with van der Waals surface area (Å²) in [6.45, 7) is 5.98. The molecular weight excluding hydrogens is 266 g/mol. The molecule has 4 nitrogen and oxygen atoms in total. The van der Waals surface area contributed by atoms with Crippen molar-refractivity contribution in [2.75, 3.05) is 7.11 Å². The number of halogens is 1. The number of methoxy groups -OCH3 is 1. The molecule has 0 saturated carbocycles. The number of hydrogen-bond acceptors (Lipinski definition) is 4. The van der Waals surface area contributed by atoms with Crippen LogP contribution in [-0.2, 0) is 16.0 Å². The highest BCUT2D eigenvalue weighted by Crippen LogP contribution is 2.18. The van der Waals surface area contributed by atoms with Gasteiger partial charge in [0.15, 0.2) is 0 Å². The number of rotatable bonds is 4. The van der Waals surface area contributed by atoms with E-state index in [0.29, 0.717) is 6.42 Å². The van der Waals surface area contributed by atoms with Gasteiger partial charge in [-0.1, -0.05) is 12.1 Å². The third-order valence-electron chi connectivity index (χ3n) is 2.31. The molecule has 1 rings (SSSR count). The summed E-state index contributed by atoms with van der Waals surface area (Å²) in [6.07, 6.45) is 0.461. The lowest BCUT2D eigenvalue weighted by Gasteiger charge is -2.21. The van der Waals surface area contributed by atoms with Gasteiger partial charge in [-0.2, -0.15) is 0 Å². The van der Waals surface area contributed by atoms with Crippen molar-refractivity contribution in [3.8, 4) is 5.75 Å². The Labute approximate surface area is 120 Å². The van der Waals surface area contributed by atoms with Gasteiger partial charge in [0.05, 0.1) is 7.11 Å². The monoisotopic (exact) mass is 286 g/mol. The molecule has 0 bridgehead atoms. The summed E-state index contributed by atoms with van der Waals surface area (Å²) in [7, 11) is 1.34. The Hall–Kier alpha value is -1.26. The van der Waals surface area contributed by atoms with Crippen LogP contribution in [0.3, 0.4) is 0 Å². The third-order valence-corrected chi connectivity index (χ3v) is 2.31. The minimum atomic E-state index is -0.621. The molecule has 0 radical (unpaired) electrons. The van der Waals surface area contributed by atoms with Crippen molar-refractivity contribution in [1.82, 2.24) is 0 Å². The van der Waals surface area contributed by atoms with Crippen molar-refractivity contribution in [2.24, 2.45) is 5.73 Å². The first-order valence-corrected chi connectivity index (χ1v) is 5.93. The Morgan fingerprint density at radius 2 is 1.79 bits per heavy atom. The van der Waals surface area contributed by atoms with Gasteiger partial charge in [0.2, 0.25) is 0 Å². The molecule has 2 N–H and O–H groups in total. The predicted molar refractivity (Wildman–Crippen MR) is 70.5 cm³/mol. The van der Waals surface area contributed by atoms with Crippen molar-refractivity contribution >= 4 is 5.97 Å². The molecule has 1 atom stereocenters. The summed E-state index contributed by atoms with van der Waals surface area (Å²) in [5.41, 5.74) is 6.46. The molecule has 1 aromatic rings. The molecule has 5 heteroatoms. The normalized spacial score (nSPS) is 12.3. The molecule has 0 aliphatic carbocycles. The second-order valence-electron chi connectivity index (χ2n) is 5.19. The van der Waals surface area contributed by atoms with E-state index in [9.17, 15) is 4.79 Å². The number of carbonyl (C=O) groups excluding carboxylic acids is 1. The van der Waals surface area contributed by atoms with E-state index in [2.05, 4.69) is 4.74 Å². The topological polar surface area (TPSA) is 61.5 Å². The van der Waals surface area contributed by atoms with Gasteiger partial charge in [-0.25, -0.2) is 0 Å². The molecule has 0 spiro atoms. The van der Waals surface area contributed by atoms with Crippen LogP contribution in [0.25, 0.3) is 0 Å². The SMILES string of the molecule is COC(=O)[C@@H](N)Cc1ccc(OC(C)(C)C)cc1.[Cl-]. The summed E-state index contributed by atoms with van der Waals surface area (Å²) >= 11 is 0. The Bertz CT molecular complexity index is 398. The Balaban J connectivity index is 0.00000324. The first-order chi connectivity index (χ1) is 8.31. The van der Waals surface area contributed by atoms with E-state index >= 15 is 0 Å². The van der Waals surface area contributed by atoms with Gasteiger partial charge < -0.3 is 27.6 Å². The molecule has 0 aliphatic heterocycles. The number of hydrogen-bond donors (Lipinski definition) is 1. The van der Waals surface area contributed by atoms with E-state index in [1.807, 2.05) is 45.0 Å². The molecule has 0 unspecified atom stereocenters. The van der Waals surface area contributed by atoms with Gasteiger partial charge in [0.1, 0.15) is 17.4 Å². The van der Waals surface area contributed by atoms with Gasteiger partial charge in [-0.3, -0.25) is 4.79 Å². The fraction of sp³-hybridized carbons (Fsp3) is 0.500. The molecule has 1 aromatic carbocycles. The lowest BCUT2D eigenvalue weighted by molar-refractivity contribution is -0.142. The Kier molecular flexibility index (Phi) is 6.87. The number of esters is 1. The van der Waals surface area contributed by atoms with Gasteiger partial charge in [-0.05, 0) is 44.9 Å². The molecule has 0 amide bonds. The van der Waals surface area contributed by atoms with Crippen molar-refractivity contribution < 1.29 is 26.7 Å². The van der Waals surface area contributed by atoms with Crippen molar-refractivity contribution in [3.05, 3.63) is 29.8 Å². The maximum Gasteiger partial charge on any atom is 0.322 e. The standard InChI is InChI=1S/C14H21NO3.ClH/c1-14(2,3)18-11-7-5-10(6-8-11)9-12(15)13(16)17-4;/h5-8,12H,9,15H2,1-4H3;1H/p-1/t12-;/m0./s1. The second-order valence-corrected chi connectivity index (χ2v) is 5.19. The van der Waals surface area contributed by atoms with Crippen molar-refractivity contribution in [2.45, 2.75) is 38.8 Å². The van der Waals surface area contributed by atoms with Gasteiger partial charge in [0.25, 0.3) is 0 Å². The zero-order valence-electron chi connectivity index (χ0n) is 11.8. The lowest BCUT2D eigenvalue weighted by Crippen LogP contribution is -3.00. The van der Waals surface area contributed by atoms with E-state index in [1.165, 1.54) is 7.11 Å². The van der Waals surface area contributed by atoms with Crippen LogP contribution in [-0.4, -0.2) is 24.7 Å². The van der Waals surface area contributed by atoms with Crippen LogP contribution in [0.2, 0.25) is 0 Å². The minimum Gasteiger partial charge on any atom is -1.00 e. The largest absolute Gasteiger partial charge is 1.00 e. The van der Waals surface area contributed by atoms with Gasteiger partial charge in [0, 0.05) is 0 Å². The molecule has 0 saturated heterocycles. The maximum absolute atomic E-state index is 11.2. The van der Waals surface area contributed by atoms with E-state index < -0.39 is 12.0 Å². The van der Waals surface area contributed by atoms with E-state index in [0.717, 1.165) is 11.3 Å². The molecule has 0 fully saturated rings. The summed E-state index contributed by atoms with van der Waals surface area (Å²) in [5, 5.41) is 0. The van der Waals surface area contributed by atoms with Crippen LogP contribution in [0.1, 0.15) is 26.3 Å². The van der Waals surface area contributed by atoms with Gasteiger partial charge >= 0.3 is 5.97 Å². The van der Waals surface area contributed by atoms with E-state index in [-0.39, 0.29) is 18.0 Å². The quantitative estimate of drug-likeness (QED) is 0.715. The number of benzene rings is 1. The molecule has 108 valence electrons. The van der Waals surface area contributed by atoms with Crippen molar-refractivity contribution in [3.63, 3.8) is 0 Å². The average molecular weight is 287 g/mol. The second kappa shape index (κ2) is 7.36. The Morgan fingerprint density at radius 3 is 2.21 bits per heavy atom.